The zero-order chi connectivity index (χ0) is 18.5. The molecule has 0 spiro atoms. The lowest BCUT2D eigenvalue weighted by Crippen LogP contribution is -2.43. The molecule has 1 aliphatic heterocycles. The molecule has 1 aromatic carbocycles. The lowest BCUT2D eigenvalue weighted by atomic mass is 9.70. The van der Waals surface area contributed by atoms with Crippen molar-refractivity contribution in [2.45, 2.75) is 39.0 Å². The van der Waals surface area contributed by atoms with Crippen molar-refractivity contribution in [2.75, 3.05) is 4.90 Å². The van der Waals surface area contributed by atoms with E-state index in [-0.39, 0.29) is 35.3 Å². The number of nitrogens with zero attached hydrogens (tertiary/aromatic N) is 1. The van der Waals surface area contributed by atoms with Crippen molar-refractivity contribution in [2.24, 2.45) is 5.41 Å². The van der Waals surface area contributed by atoms with Gasteiger partial charge in [0.25, 0.3) is 0 Å². The molecular formula is C21H20FNO3. The van der Waals surface area contributed by atoms with Gasteiger partial charge in [0.15, 0.2) is 5.78 Å². The van der Waals surface area contributed by atoms with Gasteiger partial charge in [-0.1, -0.05) is 13.8 Å². The number of Topliss-reactive ketones (excluding diaryl/α,β-unsaturated/α-hetero) is 1. The molecule has 134 valence electrons. The van der Waals surface area contributed by atoms with Gasteiger partial charge >= 0.3 is 0 Å². The summed E-state index contributed by atoms with van der Waals surface area (Å²) in [5, 5.41) is 0. The number of carbonyl (C=O) groups excluding carboxylic acids is 2. The number of anilines is 1. The molecule has 5 heteroatoms. The minimum Gasteiger partial charge on any atom is -0.469 e. The Balaban J connectivity index is 1.89. The Labute approximate surface area is 151 Å². The largest absolute Gasteiger partial charge is 0.469 e. The molecule has 2 aliphatic rings. The fraction of sp³-hybridized carbons (Fsp3) is 0.333. The summed E-state index contributed by atoms with van der Waals surface area (Å²) in [6.07, 6.45) is 2.77. The fourth-order valence-corrected chi connectivity index (χ4v) is 4.04. The molecule has 2 aromatic rings. The Morgan fingerprint density at radius 3 is 2.50 bits per heavy atom. The first-order chi connectivity index (χ1) is 12.4. The summed E-state index contributed by atoms with van der Waals surface area (Å²) in [6, 6.07) is 9.40. The second-order valence-electron chi connectivity index (χ2n) is 7.78. The molecule has 0 N–H and O–H groups in total. The van der Waals surface area contributed by atoms with Crippen LogP contribution in [0.5, 0.6) is 0 Å². The molecule has 1 aliphatic carbocycles. The van der Waals surface area contributed by atoms with E-state index >= 15 is 0 Å². The quantitative estimate of drug-likeness (QED) is 0.794. The maximum atomic E-state index is 13.3. The third-order valence-corrected chi connectivity index (χ3v) is 5.11. The molecule has 0 radical (unpaired) electrons. The molecule has 0 saturated carbocycles. The average Bonchev–Trinajstić information content (AvgIpc) is 3.08. The number of rotatable bonds is 2. The van der Waals surface area contributed by atoms with Crippen LogP contribution in [-0.4, -0.2) is 11.7 Å². The Kier molecular flexibility index (Phi) is 3.83. The number of halogens is 1. The molecule has 1 amide bonds. The Hall–Kier alpha value is -2.69. The molecule has 26 heavy (non-hydrogen) atoms. The second-order valence-corrected chi connectivity index (χ2v) is 7.78. The monoisotopic (exact) mass is 353 g/mol. The first kappa shape index (κ1) is 16.8. The molecule has 0 fully saturated rings. The third kappa shape index (κ3) is 2.77. The molecule has 4 nitrogen and oxygen atoms in total. The van der Waals surface area contributed by atoms with Crippen LogP contribution in [0.2, 0.25) is 0 Å². The summed E-state index contributed by atoms with van der Waals surface area (Å²) in [5.74, 6) is -0.133. The van der Waals surface area contributed by atoms with Crippen molar-refractivity contribution in [1.82, 2.24) is 0 Å². The number of hydrogen-bond acceptors (Lipinski definition) is 3. The Morgan fingerprint density at radius 2 is 1.85 bits per heavy atom. The van der Waals surface area contributed by atoms with Crippen molar-refractivity contribution >= 4 is 17.4 Å². The van der Waals surface area contributed by atoms with Crippen LogP contribution in [-0.2, 0) is 9.59 Å². The van der Waals surface area contributed by atoms with Crippen molar-refractivity contribution in [3.63, 3.8) is 0 Å². The summed E-state index contributed by atoms with van der Waals surface area (Å²) in [7, 11) is 0. The van der Waals surface area contributed by atoms with E-state index in [0.717, 1.165) is 5.70 Å². The molecular weight excluding hydrogens is 333 g/mol. The van der Waals surface area contributed by atoms with Crippen LogP contribution in [0.15, 0.2) is 58.3 Å². The summed E-state index contributed by atoms with van der Waals surface area (Å²) in [5.41, 5.74) is 1.73. The van der Waals surface area contributed by atoms with E-state index in [4.69, 9.17) is 4.42 Å². The van der Waals surface area contributed by atoms with Gasteiger partial charge in [0, 0.05) is 29.8 Å². The van der Waals surface area contributed by atoms with E-state index in [1.54, 1.807) is 29.4 Å². The number of ketones is 1. The zero-order valence-corrected chi connectivity index (χ0v) is 14.8. The standard InChI is InChI=1S/C21H20FNO3/c1-21(2)11-16-20(17(24)12-21)15(18-4-3-9-26-18)10-19(25)23(16)14-7-5-13(22)6-8-14/h3-9,15H,10-12H2,1-2H3. The van der Waals surface area contributed by atoms with Crippen molar-refractivity contribution in [3.8, 4) is 0 Å². The summed E-state index contributed by atoms with van der Waals surface area (Å²) < 4.78 is 18.9. The highest BCUT2D eigenvalue weighted by atomic mass is 19.1. The smallest absolute Gasteiger partial charge is 0.232 e. The Morgan fingerprint density at radius 1 is 1.12 bits per heavy atom. The molecule has 1 atom stereocenters. The predicted octanol–water partition coefficient (Wildman–Crippen LogP) is 4.58. The first-order valence-electron chi connectivity index (χ1n) is 8.74. The maximum Gasteiger partial charge on any atom is 0.232 e. The number of amides is 1. The van der Waals surface area contributed by atoms with Crippen LogP contribution in [0.25, 0.3) is 0 Å². The van der Waals surface area contributed by atoms with Gasteiger partial charge in [-0.2, -0.15) is 0 Å². The van der Waals surface area contributed by atoms with Crippen LogP contribution in [0.3, 0.4) is 0 Å². The normalized spacial score (nSPS) is 22.6. The van der Waals surface area contributed by atoms with Crippen LogP contribution in [0.1, 0.15) is 44.8 Å². The molecule has 1 aromatic heterocycles. The fourth-order valence-electron chi connectivity index (χ4n) is 4.04. The van der Waals surface area contributed by atoms with Crippen molar-refractivity contribution < 1.29 is 18.4 Å². The van der Waals surface area contributed by atoms with Gasteiger partial charge in [0.2, 0.25) is 5.91 Å². The van der Waals surface area contributed by atoms with E-state index in [1.165, 1.54) is 12.1 Å². The van der Waals surface area contributed by atoms with E-state index < -0.39 is 0 Å². The average molecular weight is 353 g/mol. The molecule has 0 saturated heterocycles. The van der Waals surface area contributed by atoms with Gasteiger partial charge in [-0.15, -0.1) is 0 Å². The first-order valence-corrected chi connectivity index (χ1v) is 8.74. The third-order valence-electron chi connectivity index (χ3n) is 5.11. The van der Waals surface area contributed by atoms with Crippen LogP contribution in [0.4, 0.5) is 10.1 Å². The second kappa shape index (κ2) is 5.94. The molecule has 4 rings (SSSR count). The number of carbonyl (C=O) groups is 2. The highest BCUT2D eigenvalue weighted by molar-refractivity contribution is 6.07. The summed E-state index contributed by atoms with van der Waals surface area (Å²) >= 11 is 0. The van der Waals surface area contributed by atoms with Crippen LogP contribution < -0.4 is 4.90 Å². The molecule has 0 bridgehead atoms. The van der Waals surface area contributed by atoms with Gasteiger partial charge in [-0.25, -0.2) is 4.39 Å². The maximum absolute atomic E-state index is 13.3. The van der Waals surface area contributed by atoms with Crippen molar-refractivity contribution in [3.05, 3.63) is 65.5 Å². The highest BCUT2D eigenvalue weighted by Gasteiger charge is 2.45. The van der Waals surface area contributed by atoms with E-state index in [1.807, 2.05) is 19.9 Å². The minimum absolute atomic E-state index is 0.0530. The number of hydrogen-bond donors (Lipinski definition) is 0. The summed E-state index contributed by atoms with van der Waals surface area (Å²) in [4.78, 5) is 27.6. The van der Waals surface area contributed by atoms with Gasteiger partial charge in [0.1, 0.15) is 11.6 Å². The van der Waals surface area contributed by atoms with Gasteiger partial charge in [0.05, 0.1) is 12.2 Å². The zero-order valence-electron chi connectivity index (χ0n) is 14.8. The predicted molar refractivity (Wildman–Crippen MR) is 95.0 cm³/mol. The van der Waals surface area contributed by atoms with Gasteiger partial charge in [-0.05, 0) is 48.2 Å². The topological polar surface area (TPSA) is 50.5 Å². The lowest BCUT2D eigenvalue weighted by Gasteiger charge is -2.42. The number of allylic oxidation sites excluding steroid dienone is 2. The molecule has 1 unspecified atom stereocenters. The molecule has 2 heterocycles. The van der Waals surface area contributed by atoms with Gasteiger partial charge < -0.3 is 4.42 Å². The lowest BCUT2D eigenvalue weighted by molar-refractivity contribution is -0.121. The number of furan rings is 1. The van der Waals surface area contributed by atoms with Crippen LogP contribution >= 0.6 is 0 Å². The minimum atomic E-state index is -0.360. The van der Waals surface area contributed by atoms with Gasteiger partial charge in [-0.3, -0.25) is 14.5 Å². The van der Waals surface area contributed by atoms with E-state index in [0.29, 0.717) is 29.9 Å². The number of benzene rings is 1. The van der Waals surface area contributed by atoms with Crippen LogP contribution in [0, 0.1) is 11.2 Å². The SMILES string of the molecule is CC1(C)CC(=O)C2=C(C1)N(c1ccc(F)cc1)C(=O)CC2c1ccco1. The highest BCUT2D eigenvalue weighted by Crippen LogP contribution is 2.48. The Bertz CT molecular complexity index is 894. The summed E-state index contributed by atoms with van der Waals surface area (Å²) in [6.45, 7) is 4.05. The van der Waals surface area contributed by atoms with Crippen molar-refractivity contribution in [1.29, 1.82) is 0 Å². The van der Waals surface area contributed by atoms with E-state index in [9.17, 15) is 14.0 Å². The van der Waals surface area contributed by atoms with E-state index in [2.05, 4.69) is 0 Å².